The topological polar surface area (TPSA) is 46.2 Å². The van der Waals surface area contributed by atoms with Crippen LogP contribution in [0.15, 0.2) is 16.6 Å². The molecule has 2 rings (SSSR count). The first-order valence-electron chi connectivity index (χ1n) is 5.54. The molecule has 17 heavy (non-hydrogen) atoms. The number of carbonyl (C=O) groups excluding carboxylic acids is 2. The highest BCUT2D eigenvalue weighted by Gasteiger charge is 2.35. The zero-order valence-electron chi connectivity index (χ0n) is 9.79. The van der Waals surface area contributed by atoms with Gasteiger partial charge in [0.1, 0.15) is 6.29 Å². The maximum atomic E-state index is 11.8. The number of rotatable bonds is 2. The van der Waals surface area contributed by atoms with E-state index in [4.69, 9.17) is 0 Å². The second-order valence-electron chi connectivity index (χ2n) is 4.49. The van der Waals surface area contributed by atoms with Crippen LogP contribution in [0, 0.1) is 19.8 Å². The van der Waals surface area contributed by atoms with E-state index in [2.05, 4.69) is 21.2 Å². The molecule has 1 fully saturated rings. The predicted octanol–water partition coefficient (Wildman–Crippen LogP) is 2.09. The highest BCUT2D eigenvalue weighted by atomic mass is 79.9. The molecule has 0 spiro atoms. The molecule has 4 heteroatoms. The molecule has 0 unspecified atom stereocenters. The van der Waals surface area contributed by atoms with Gasteiger partial charge in [-0.2, -0.15) is 0 Å². The van der Waals surface area contributed by atoms with Crippen LogP contribution in [-0.2, 0) is 9.59 Å². The minimum Gasteiger partial charge on any atom is -0.355 e. The van der Waals surface area contributed by atoms with Crippen LogP contribution >= 0.6 is 15.9 Å². The molecule has 1 aromatic rings. The Labute approximate surface area is 109 Å². The van der Waals surface area contributed by atoms with Gasteiger partial charge in [0.2, 0.25) is 5.91 Å². The van der Waals surface area contributed by atoms with E-state index in [-0.39, 0.29) is 17.7 Å². The summed E-state index contributed by atoms with van der Waals surface area (Å²) in [4.78, 5) is 22.7. The van der Waals surface area contributed by atoms with Crippen LogP contribution in [0.25, 0.3) is 0 Å². The number of nitrogens with one attached hydrogen (secondary N) is 1. The second-order valence-corrected chi connectivity index (χ2v) is 5.28. The Morgan fingerprint density at radius 1 is 1.35 bits per heavy atom. The summed E-state index contributed by atoms with van der Waals surface area (Å²) >= 11 is 3.50. The Balaban J connectivity index is 2.46. The summed E-state index contributed by atoms with van der Waals surface area (Å²) in [5, 5.41) is 2.74. The quantitative estimate of drug-likeness (QED) is 0.850. The van der Waals surface area contributed by atoms with E-state index in [0.717, 1.165) is 27.4 Å². The van der Waals surface area contributed by atoms with Crippen LogP contribution < -0.4 is 5.32 Å². The molecule has 0 radical (unpaired) electrons. The van der Waals surface area contributed by atoms with Crippen molar-refractivity contribution in [3.8, 4) is 0 Å². The highest BCUT2D eigenvalue weighted by Crippen LogP contribution is 2.32. The van der Waals surface area contributed by atoms with Crippen molar-refractivity contribution in [2.24, 2.45) is 5.92 Å². The number of halogens is 1. The Hall–Kier alpha value is -1.16. The third-order valence-corrected chi connectivity index (χ3v) is 4.47. The first-order valence-corrected chi connectivity index (χ1v) is 6.33. The molecule has 1 heterocycles. The average molecular weight is 296 g/mol. The number of amides is 1. The SMILES string of the molecule is Cc1cc([C@@H]2C(=O)NC[C@H]2C=O)cc(C)c1Br. The summed E-state index contributed by atoms with van der Waals surface area (Å²) in [5.41, 5.74) is 3.10. The number of aryl methyl sites for hydroxylation is 2. The molecule has 1 aromatic carbocycles. The summed E-state index contributed by atoms with van der Waals surface area (Å²) in [5.74, 6) is -0.635. The lowest BCUT2D eigenvalue weighted by molar-refractivity contribution is -0.122. The lowest BCUT2D eigenvalue weighted by atomic mass is 9.88. The van der Waals surface area contributed by atoms with Crippen molar-refractivity contribution in [3.05, 3.63) is 33.3 Å². The van der Waals surface area contributed by atoms with Gasteiger partial charge in [0.25, 0.3) is 0 Å². The van der Waals surface area contributed by atoms with Gasteiger partial charge < -0.3 is 10.1 Å². The number of carbonyl (C=O) groups is 2. The first-order chi connectivity index (χ1) is 8.04. The van der Waals surface area contributed by atoms with Gasteiger partial charge in [-0.15, -0.1) is 0 Å². The third-order valence-electron chi connectivity index (χ3n) is 3.22. The van der Waals surface area contributed by atoms with E-state index in [9.17, 15) is 9.59 Å². The first kappa shape index (κ1) is 12.3. The van der Waals surface area contributed by atoms with Crippen molar-refractivity contribution >= 4 is 28.1 Å². The van der Waals surface area contributed by atoms with Gasteiger partial charge in [0.15, 0.2) is 0 Å². The van der Waals surface area contributed by atoms with Gasteiger partial charge in [0.05, 0.1) is 5.92 Å². The maximum Gasteiger partial charge on any atom is 0.228 e. The summed E-state index contributed by atoms with van der Waals surface area (Å²) in [6.07, 6.45) is 0.870. The van der Waals surface area contributed by atoms with Crippen LogP contribution in [-0.4, -0.2) is 18.7 Å². The van der Waals surface area contributed by atoms with Crippen molar-refractivity contribution in [2.45, 2.75) is 19.8 Å². The Morgan fingerprint density at radius 3 is 2.47 bits per heavy atom. The summed E-state index contributed by atoms with van der Waals surface area (Å²) < 4.78 is 1.06. The van der Waals surface area contributed by atoms with Gasteiger partial charge in [0, 0.05) is 16.9 Å². The monoisotopic (exact) mass is 295 g/mol. The maximum absolute atomic E-state index is 11.8. The molecular weight excluding hydrogens is 282 g/mol. The fraction of sp³-hybridized carbons (Fsp3) is 0.385. The molecule has 0 aliphatic carbocycles. The van der Waals surface area contributed by atoms with E-state index < -0.39 is 0 Å². The van der Waals surface area contributed by atoms with Gasteiger partial charge in [-0.3, -0.25) is 4.79 Å². The Kier molecular flexibility index (Phi) is 3.33. The zero-order valence-corrected chi connectivity index (χ0v) is 11.4. The molecule has 0 bridgehead atoms. The van der Waals surface area contributed by atoms with E-state index in [1.54, 1.807) is 0 Å². The molecule has 3 nitrogen and oxygen atoms in total. The van der Waals surface area contributed by atoms with Crippen molar-refractivity contribution in [2.75, 3.05) is 6.54 Å². The molecule has 1 N–H and O–H groups in total. The van der Waals surface area contributed by atoms with Gasteiger partial charge in [-0.25, -0.2) is 0 Å². The number of benzene rings is 1. The number of hydrogen-bond acceptors (Lipinski definition) is 2. The summed E-state index contributed by atoms with van der Waals surface area (Å²) in [6.45, 7) is 4.42. The highest BCUT2D eigenvalue weighted by molar-refractivity contribution is 9.10. The Bertz CT molecular complexity index is 461. The van der Waals surface area contributed by atoms with Crippen LogP contribution in [0.1, 0.15) is 22.6 Å². The third kappa shape index (κ3) is 2.14. The normalized spacial score (nSPS) is 23.6. The molecule has 1 aliphatic heterocycles. The van der Waals surface area contributed by atoms with Crippen molar-refractivity contribution in [1.82, 2.24) is 5.32 Å². The molecule has 0 aromatic heterocycles. The van der Waals surface area contributed by atoms with Crippen LogP contribution in [0.2, 0.25) is 0 Å². The molecule has 1 amide bonds. The van der Waals surface area contributed by atoms with Gasteiger partial charge in [-0.1, -0.05) is 28.1 Å². The molecule has 1 aliphatic rings. The molecular formula is C13H14BrNO2. The molecule has 90 valence electrons. The summed E-state index contributed by atoms with van der Waals surface area (Å²) in [6, 6.07) is 3.95. The number of hydrogen-bond donors (Lipinski definition) is 1. The van der Waals surface area contributed by atoms with E-state index in [0.29, 0.717) is 6.54 Å². The molecule has 1 saturated heterocycles. The lowest BCUT2D eigenvalue weighted by Gasteiger charge is -2.14. The predicted molar refractivity (Wildman–Crippen MR) is 68.9 cm³/mol. The zero-order chi connectivity index (χ0) is 12.6. The van der Waals surface area contributed by atoms with Crippen molar-refractivity contribution in [1.29, 1.82) is 0 Å². The minimum absolute atomic E-state index is 0.0526. The van der Waals surface area contributed by atoms with Gasteiger partial charge >= 0.3 is 0 Å². The fourth-order valence-corrected chi connectivity index (χ4v) is 2.55. The largest absolute Gasteiger partial charge is 0.355 e. The molecule has 0 saturated carbocycles. The lowest BCUT2D eigenvalue weighted by Crippen LogP contribution is -2.18. The van der Waals surface area contributed by atoms with E-state index in [1.165, 1.54) is 0 Å². The van der Waals surface area contributed by atoms with Crippen LogP contribution in [0.4, 0.5) is 0 Å². The van der Waals surface area contributed by atoms with E-state index in [1.807, 2.05) is 26.0 Å². The fourth-order valence-electron chi connectivity index (χ4n) is 2.32. The van der Waals surface area contributed by atoms with Gasteiger partial charge in [-0.05, 0) is 30.5 Å². The van der Waals surface area contributed by atoms with E-state index >= 15 is 0 Å². The van der Waals surface area contributed by atoms with Crippen LogP contribution in [0.5, 0.6) is 0 Å². The second kappa shape index (κ2) is 4.61. The Morgan fingerprint density at radius 2 is 1.94 bits per heavy atom. The average Bonchev–Trinajstić information content (AvgIpc) is 2.66. The minimum atomic E-state index is -0.335. The van der Waals surface area contributed by atoms with Crippen molar-refractivity contribution < 1.29 is 9.59 Å². The standard InChI is InChI=1S/C13H14BrNO2/c1-7-3-9(4-8(2)12(7)14)11-10(6-16)5-15-13(11)17/h3-4,6,10-11H,5H2,1-2H3,(H,15,17)/t10-,11-/m0/s1. The summed E-state index contributed by atoms with van der Waals surface area (Å²) in [7, 11) is 0. The number of aldehydes is 1. The molecule has 2 atom stereocenters. The smallest absolute Gasteiger partial charge is 0.228 e. The van der Waals surface area contributed by atoms with Crippen molar-refractivity contribution in [3.63, 3.8) is 0 Å². The van der Waals surface area contributed by atoms with Crippen LogP contribution in [0.3, 0.4) is 0 Å².